The van der Waals surface area contributed by atoms with Crippen molar-refractivity contribution in [1.29, 1.82) is 0 Å². The van der Waals surface area contributed by atoms with Crippen molar-refractivity contribution in [2.45, 2.75) is 45.3 Å². The minimum Gasteiger partial charge on any atom is -0.384 e. The van der Waals surface area contributed by atoms with Crippen LogP contribution in [0.15, 0.2) is 36.7 Å². The average molecular weight is 301 g/mol. The summed E-state index contributed by atoms with van der Waals surface area (Å²) in [6, 6.07) is 8.96. The lowest BCUT2D eigenvalue weighted by molar-refractivity contribution is 0.0535. The maximum absolute atomic E-state index is 10.7. The molecule has 0 bridgehead atoms. The highest BCUT2D eigenvalue weighted by molar-refractivity contribution is 5.25. The summed E-state index contributed by atoms with van der Waals surface area (Å²) >= 11 is 0. The number of benzene rings is 1. The van der Waals surface area contributed by atoms with Gasteiger partial charge in [-0.05, 0) is 30.9 Å². The molecule has 1 aromatic carbocycles. The SMILES string of the molecule is CCc1ccc(C(CC)NCC(C)(O)c2cnn(C)c2)cc1. The molecule has 4 heteroatoms. The number of nitrogens with one attached hydrogen (secondary N) is 1. The van der Waals surface area contributed by atoms with Crippen molar-refractivity contribution >= 4 is 0 Å². The van der Waals surface area contributed by atoms with Gasteiger partial charge in [0.05, 0.1) is 6.20 Å². The number of aliphatic hydroxyl groups is 1. The molecule has 0 amide bonds. The van der Waals surface area contributed by atoms with Gasteiger partial charge < -0.3 is 10.4 Å². The van der Waals surface area contributed by atoms with Gasteiger partial charge in [-0.25, -0.2) is 0 Å². The summed E-state index contributed by atoms with van der Waals surface area (Å²) in [5.41, 5.74) is 2.52. The third kappa shape index (κ3) is 3.96. The van der Waals surface area contributed by atoms with Gasteiger partial charge in [0.1, 0.15) is 5.60 Å². The van der Waals surface area contributed by atoms with Gasteiger partial charge in [-0.3, -0.25) is 4.68 Å². The number of hydrogen-bond acceptors (Lipinski definition) is 3. The third-order valence-corrected chi connectivity index (χ3v) is 4.22. The van der Waals surface area contributed by atoms with Crippen LogP contribution in [0.5, 0.6) is 0 Å². The van der Waals surface area contributed by atoms with Crippen molar-refractivity contribution in [2.24, 2.45) is 7.05 Å². The summed E-state index contributed by atoms with van der Waals surface area (Å²) in [4.78, 5) is 0. The minimum atomic E-state index is -0.926. The Morgan fingerprint density at radius 3 is 2.45 bits per heavy atom. The van der Waals surface area contributed by atoms with Crippen LogP contribution in [0.4, 0.5) is 0 Å². The first-order valence-electron chi connectivity index (χ1n) is 8.00. The number of rotatable bonds is 7. The van der Waals surface area contributed by atoms with Gasteiger partial charge in [0.2, 0.25) is 0 Å². The van der Waals surface area contributed by atoms with Gasteiger partial charge in [0, 0.05) is 31.4 Å². The van der Waals surface area contributed by atoms with E-state index in [0.29, 0.717) is 6.54 Å². The molecule has 22 heavy (non-hydrogen) atoms. The van der Waals surface area contributed by atoms with Gasteiger partial charge in [-0.15, -0.1) is 0 Å². The van der Waals surface area contributed by atoms with Crippen molar-refractivity contribution in [3.63, 3.8) is 0 Å². The predicted octanol–water partition coefficient (Wildman–Crippen LogP) is 2.93. The van der Waals surface area contributed by atoms with Gasteiger partial charge in [-0.1, -0.05) is 38.1 Å². The lowest BCUT2D eigenvalue weighted by atomic mass is 9.97. The summed E-state index contributed by atoms with van der Waals surface area (Å²) < 4.78 is 1.71. The topological polar surface area (TPSA) is 50.1 Å². The first-order valence-corrected chi connectivity index (χ1v) is 8.00. The lowest BCUT2D eigenvalue weighted by Gasteiger charge is -2.26. The molecule has 2 unspecified atom stereocenters. The van der Waals surface area contributed by atoms with Crippen molar-refractivity contribution in [3.8, 4) is 0 Å². The van der Waals surface area contributed by atoms with E-state index in [1.165, 1.54) is 11.1 Å². The molecule has 0 fully saturated rings. The zero-order chi connectivity index (χ0) is 16.2. The Labute approximate surface area is 133 Å². The first-order chi connectivity index (χ1) is 10.5. The van der Waals surface area contributed by atoms with E-state index < -0.39 is 5.60 Å². The van der Waals surface area contributed by atoms with Crippen LogP contribution >= 0.6 is 0 Å². The van der Waals surface area contributed by atoms with E-state index in [1.54, 1.807) is 10.9 Å². The fraction of sp³-hybridized carbons (Fsp3) is 0.500. The smallest absolute Gasteiger partial charge is 0.102 e. The normalized spacial score (nSPS) is 15.5. The average Bonchev–Trinajstić information content (AvgIpc) is 2.96. The van der Waals surface area contributed by atoms with Crippen LogP contribution < -0.4 is 5.32 Å². The second-order valence-electron chi connectivity index (χ2n) is 6.11. The quantitative estimate of drug-likeness (QED) is 0.826. The number of aryl methyl sites for hydroxylation is 2. The van der Waals surface area contributed by atoms with Gasteiger partial charge in [0.15, 0.2) is 0 Å². The molecule has 0 spiro atoms. The Bertz CT molecular complexity index is 587. The molecule has 2 aromatic rings. The Morgan fingerprint density at radius 2 is 1.95 bits per heavy atom. The molecule has 0 aliphatic carbocycles. The van der Waals surface area contributed by atoms with Crippen molar-refractivity contribution in [3.05, 3.63) is 53.3 Å². The molecule has 1 aromatic heterocycles. The van der Waals surface area contributed by atoms with E-state index in [1.807, 2.05) is 20.2 Å². The number of aromatic nitrogens is 2. The molecule has 4 nitrogen and oxygen atoms in total. The Hall–Kier alpha value is -1.65. The number of hydrogen-bond donors (Lipinski definition) is 2. The summed E-state index contributed by atoms with van der Waals surface area (Å²) in [5, 5.41) is 18.3. The second kappa shape index (κ2) is 7.07. The highest BCUT2D eigenvalue weighted by Gasteiger charge is 2.25. The van der Waals surface area contributed by atoms with Gasteiger partial charge in [0.25, 0.3) is 0 Å². The first kappa shape index (κ1) is 16.7. The highest BCUT2D eigenvalue weighted by Crippen LogP contribution is 2.22. The van der Waals surface area contributed by atoms with E-state index in [-0.39, 0.29) is 6.04 Å². The molecular weight excluding hydrogens is 274 g/mol. The van der Waals surface area contributed by atoms with Crippen molar-refractivity contribution in [1.82, 2.24) is 15.1 Å². The molecule has 0 aliphatic rings. The van der Waals surface area contributed by atoms with Crippen LogP contribution in [-0.4, -0.2) is 21.4 Å². The molecule has 120 valence electrons. The maximum Gasteiger partial charge on any atom is 0.102 e. The molecule has 2 rings (SSSR count). The zero-order valence-electron chi connectivity index (χ0n) is 14.0. The number of nitrogens with zero attached hydrogens (tertiary/aromatic N) is 2. The standard InChI is InChI=1S/C18H27N3O/c1-5-14-7-9-15(10-8-14)17(6-2)19-13-18(3,22)16-11-20-21(4)12-16/h7-12,17,19,22H,5-6,13H2,1-4H3. The minimum absolute atomic E-state index is 0.244. The molecule has 0 radical (unpaired) electrons. The van der Waals surface area contributed by atoms with Crippen LogP contribution in [0.2, 0.25) is 0 Å². The van der Waals surface area contributed by atoms with Gasteiger partial charge in [-0.2, -0.15) is 5.10 Å². The predicted molar refractivity (Wildman–Crippen MR) is 89.6 cm³/mol. The molecule has 0 saturated carbocycles. The van der Waals surface area contributed by atoms with E-state index in [2.05, 4.69) is 48.5 Å². The van der Waals surface area contributed by atoms with Crippen LogP contribution in [0, 0.1) is 0 Å². The van der Waals surface area contributed by atoms with Crippen molar-refractivity contribution in [2.75, 3.05) is 6.54 Å². The summed E-state index contributed by atoms with van der Waals surface area (Å²) in [5.74, 6) is 0. The van der Waals surface area contributed by atoms with E-state index in [9.17, 15) is 5.11 Å². The van der Waals surface area contributed by atoms with Crippen LogP contribution in [0.3, 0.4) is 0 Å². The summed E-state index contributed by atoms with van der Waals surface area (Å²) in [6.07, 6.45) is 5.62. The van der Waals surface area contributed by atoms with Crippen molar-refractivity contribution < 1.29 is 5.11 Å². The zero-order valence-corrected chi connectivity index (χ0v) is 14.0. The lowest BCUT2D eigenvalue weighted by Crippen LogP contribution is -2.37. The fourth-order valence-corrected chi connectivity index (χ4v) is 2.61. The second-order valence-corrected chi connectivity index (χ2v) is 6.11. The maximum atomic E-state index is 10.7. The molecule has 1 heterocycles. The summed E-state index contributed by atoms with van der Waals surface area (Å²) in [6.45, 7) is 6.64. The van der Waals surface area contributed by atoms with E-state index in [0.717, 1.165) is 18.4 Å². The molecule has 0 saturated heterocycles. The van der Waals surface area contributed by atoms with E-state index >= 15 is 0 Å². The van der Waals surface area contributed by atoms with Crippen LogP contribution in [0.1, 0.15) is 49.9 Å². The molecular formula is C18H27N3O. The van der Waals surface area contributed by atoms with Crippen LogP contribution in [-0.2, 0) is 19.1 Å². The molecule has 2 N–H and O–H groups in total. The largest absolute Gasteiger partial charge is 0.384 e. The summed E-state index contributed by atoms with van der Waals surface area (Å²) in [7, 11) is 1.86. The van der Waals surface area contributed by atoms with Crippen LogP contribution in [0.25, 0.3) is 0 Å². The Kier molecular flexibility index (Phi) is 5.37. The highest BCUT2D eigenvalue weighted by atomic mass is 16.3. The third-order valence-electron chi connectivity index (χ3n) is 4.22. The van der Waals surface area contributed by atoms with E-state index in [4.69, 9.17) is 0 Å². The molecule has 2 atom stereocenters. The Balaban J connectivity index is 2.03. The molecule has 0 aliphatic heterocycles. The monoisotopic (exact) mass is 301 g/mol. The van der Waals surface area contributed by atoms with Gasteiger partial charge >= 0.3 is 0 Å². The fourth-order valence-electron chi connectivity index (χ4n) is 2.61. The Morgan fingerprint density at radius 1 is 1.27 bits per heavy atom.